The van der Waals surface area contributed by atoms with Crippen LogP contribution in [-0.4, -0.2) is 14.8 Å². The smallest absolute Gasteiger partial charge is 0.123 e. The molecule has 2 aromatic heterocycles. The third-order valence-electron chi connectivity index (χ3n) is 3.69. The number of hydrogen-bond acceptors (Lipinski definition) is 3. The van der Waals surface area contributed by atoms with E-state index in [4.69, 9.17) is 0 Å². The molecule has 4 rings (SSSR count). The van der Waals surface area contributed by atoms with Gasteiger partial charge in [-0.3, -0.25) is 0 Å². The zero-order valence-corrected chi connectivity index (χ0v) is 13.3. The summed E-state index contributed by atoms with van der Waals surface area (Å²) in [6, 6.07) is 19.0. The van der Waals surface area contributed by atoms with E-state index in [9.17, 15) is 0 Å². The molecule has 4 heteroatoms. The Hall–Kier alpha value is -2.72. The van der Waals surface area contributed by atoms with E-state index in [0.29, 0.717) is 0 Å². The highest BCUT2D eigenvalue weighted by molar-refractivity contribution is 7.13. The second-order valence-electron chi connectivity index (χ2n) is 5.33. The van der Waals surface area contributed by atoms with Crippen LogP contribution in [0.1, 0.15) is 11.1 Å². The van der Waals surface area contributed by atoms with E-state index < -0.39 is 0 Å². The molecule has 0 N–H and O–H groups in total. The molecule has 0 amide bonds. The van der Waals surface area contributed by atoms with Gasteiger partial charge in [-0.1, -0.05) is 30.3 Å². The highest BCUT2D eigenvalue weighted by atomic mass is 32.1. The molecule has 0 atom stereocenters. The quantitative estimate of drug-likeness (QED) is 0.551. The van der Waals surface area contributed by atoms with Gasteiger partial charge in [0.2, 0.25) is 0 Å². The van der Waals surface area contributed by atoms with Crippen molar-refractivity contribution < 1.29 is 0 Å². The molecule has 23 heavy (non-hydrogen) atoms. The van der Waals surface area contributed by atoms with E-state index in [1.807, 2.05) is 28.5 Å². The molecular weight excluding hydrogens is 302 g/mol. The molecule has 0 bridgehead atoms. The van der Waals surface area contributed by atoms with Crippen LogP contribution in [0.15, 0.2) is 78.6 Å². The minimum Gasteiger partial charge on any atom is -0.245 e. The Labute approximate surface area is 138 Å². The van der Waals surface area contributed by atoms with Crippen molar-refractivity contribution in [3.05, 3.63) is 89.7 Å². The van der Waals surface area contributed by atoms with Gasteiger partial charge < -0.3 is 0 Å². The van der Waals surface area contributed by atoms with E-state index in [-0.39, 0.29) is 0 Å². The van der Waals surface area contributed by atoms with Gasteiger partial charge in [0.1, 0.15) is 5.01 Å². The van der Waals surface area contributed by atoms with Crippen LogP contribution in [0.5, 0.6) is 0 Å². The van der Waals surface area contributed by atoms with E-state index in [0.717, 1.165) is 17.1 Å². The zero-order chi connectivity index (χ0) is 15.5. The Morgan fingerprint density at radius 1 is 0.913 bits per heavy atom. The monoisotopic (exact) mass is 317 g/mol. The van der Waals surface area contributed by atoms with Crippen molar-refractivity contribution in [1.29, 1.82) is 0 Å². The van der Waals surface area contributed by atoms with Crippen molar-refractivity contribution in [2.75, 3.05) is 0 Å². The molecule has 112 valence electrons. The molecule has 0 spiro atoms. The van der Waals surface area contributed by atoms with Crippen molar-refractivity contribution in [2.45, 2.75) is 6.42 Å². The minimum atomic E-state index is 0.897. The zero-order valence-electron chi connectivity index (χ0n) is 12.5. The van der Waals surface area contributed by atoms with E-state index in [2.05, 4.69) is 58.6 Å². The van der Waals surface area contributed by atoms with Crippen molar-refractivity contribution in [2.24, 2.45) is 0 Å². The summed E-state index contributed by atoms with van der Waals surface area (Å²) in [7, 11) is 0. The van der Waals surface area contributed by atoms with Gasteiger partial charge in [-0.2, -0.15) is 5.10 Å². The number of aromatic nitrogens is 3. The Balaban J connectivity index is 1.61. The van der Waals surface area contributed by atoms with Gasteiger partial charge in [0.25, 0.3) is 0 Å². The predicted molar refractivity (Wildman–Crippen MR) is 93.9 cm³/mol. The van der Waals surface area contributed by atoms with Crippen LogP contribution in [0, 0.1) is 0 Å². The van der Waals surface area contributed by atoms with E-state index in [1.165, 1.54) is 16.7 Å². The van der Waals surface area contributed by atoms with Crippen LogP contribution in [0.4, 0.5) is 0 Å². The molecule has 0 aliphatic carbocycles. The van der Waals surface area contributed by atoms with Gasteiger partial charge in [0.15, 0.2) is 0 Å². The molecule has 0 saturated heterocycles. The molecule has 0 aliphatic rings. The summed E-state index contributed by atoms with van der Waals surface area (Å²) < 4.78 is 1.88. The minimum absolute atomic E-state index is 0.897. The normalized spacial score (nSPS) is 10.8. The molecule has 0 saturated carbocycles. The molecule has 3 nitrogen and oxygen atoms in total. The first kappa shape index (κ1) is 13.9. The van der Waals surface area contributed by atoms with Crippen LogP contribution < -0.4 is 0 Å². The number of nitrogens with zero attached hydrogens (tertiary/aromatic N) is 3. The third kappa shape index (κ3) is 3.07. The van der Waals surface area contributed by atoms with Gasteiger partial charge in [-0.05, 0) is 41.8 Å². The SMILES string of the molecule is c1cc(Cc2cccc(-n3cccn3)c2)cc(-c2nccs2)c1. The molecule has 0 unspecified atom stereocenters. The van der Waals surface area contributed by atoms with Crippen LogP contribution in [0.25, 0.3) is 16.3 Å². The lowest BCUT2D eigenvalue weighted by molar-refractivity contribution is 0.878. The largest absolute Gasteiger partial charge is 0.245 e. The van der Waals surface area contributed by atoms with Gasteiger partial charge >= 0.3 is 0 Å². The summed E-state index contributed by atoms with van der Waals surface area (Å²) in [5, 5.41) is 7.37. The molecule has 4 aromatic rings. The third-order valence-corrected chi connectivity index (χ3v) is 4.52. The lowest BCUT2D eigenvalue weighted by Gasteiger charge is -2.07. The first-order valence-corrected chi connectivity index (χ1v) is 8.34. The van der Waals surface area contributed by atoms with Crippen molar-refractivity contribution in [3.63, 3.8) is 0 Å². The molecule has 0 radical (unpaired) electrons. The first-order valence-electron chi connectivity index (χ1n) is 7.46. The average Bonchev–Trinajstić information content (AvgIpc) is 3.29. The fourth-order valence-corrected chi connectivity index (χ4v) is 3.28. The van der Waals surface area contributed by atoms with Crippen molar-refractivity contribution in [3.8, 4) is 16.3 Å². The summed E-state index contributed by atoms with van der Waals surface area (Å²) in [5.74, 6) is 0. The summed E-state index contributed by atoms with van der Waals surface area (Å²) in [6.07, 6.45) is 6.50. The molecule has 0 aliphatic heterocycles. The van der Waals surface area contributed by atoms with Crippen LogP contribution in [0.2, 0.25) is 0 Å². The van der Waals surface area contributed by atoms with Crippen LogP contribution in [-0.2, 0) is 6.42 Å². The summed E-state index contributed by atoms with van der Waals surface area (Å²) >= 11 is 1.67. The molecule has 2 heterocycles. The standard InChI is InChI=1S/C19H15N3S/c1-4-15(13-17(6-1)19-20-9-11-23-19)12-16-5-2-7-18(14-16)22-10-3-8-21-22/h1-11,13-14H,12H2. The number of thiazole rings is 1. The number of hydrogen-bond donors (Lipinski definition) is 0. The fourth-order valence-electron chi connectivity index (χ4n) is 2.65. The average molecular weight is 317 g/mol. The Morgan fingerprint density at radius 2 is 1.78 bits per heavy atom. The highest BCUT2D eigenvalue weighted by Crippen LogP contribution is 2.23. The molecular formula is C19H15N3S. The van der Waals surface area contributed by atoms with Crippen molar-refractivity contribution in [1.82, 2.24) is 14.8 Å². The number of benzene rings is 2. The molecule has 2 aromatic carbocycles. The fraction of sp³-hybridized carbons (Fsp3) is 0.0526. The Morgan fingerprint density at radius 3 is 2.57 bits per heavy atom. The maximum Gasteiger partial charge on any atom is 0.123 e. The second-order valence-corrected chi connectivity index (χ2v) is 6.23. The lowest BCUT2D eigenvalue weighted by Crippen LogP contribution is -1.96. The summed E-state index contributed by atoms with van der Waals surface area (Å²) in [4.78, 5) is 4.39. The second kappa shape index (κ2) is 6.18. The van der Waals surface area contributed by atoms with Crippen molar-refractivity contribution >= 4 is 11.3 Å². The molecule has 0 fully saturated rings. The van der Waals surface area contributed by atoms with Crippen LogP contribution >= 0.6 is 11.3 Å². The predicted octanol–water partition coefficient (Wildman–Crippen LogP) is 4.59. The first-order chi connectivity index (χ1) is 11.4. The number of rotatable bonds is 4. The highest BCUT2D eigenvalue weighted by Gasteiger charge is 2.04. The van der Waals surface area contributed by atoms with Gasteiger partial charge in [0.05, 0.1) is 5.69 Å². The Bertz CT molecular complexity index is 820. The van der Waals surface area contributed by atoms with E-state index in [1.54, 1.807) is 17.5 Å². The summed E-state index contributed by atoms with van der Waals surface area (Å²) in [5.41, 5.74) is 4.83. The van der Waals surface area contributed by atoms with Crippen LogP contribution in [0.3, 0.4) is 0 Å². The topological polar surface area (TPSA) is 30.7 Å². The maximum absolute atomic E-state index is 4.39. The summed E-state index contributed by atoms with van der Waals surface area (Å²) in [6.45, 7) is 0. The van der Waals surface area contributed by atoms with Gasteiger partial charge in [-0.15, -0.1) is 11.3 Å². The Kier molecular flexibility index (Phi) is 3.74. The van der Waals surface area contributed by atoms with Gasteiger partial charge in [-0.25, -0.2) is 9.67 Å². The lowest BCUT2D eigenvalue weighted by atomic mass is 10.0. The van der Waals surface area contributed by atoms with Gasteiger partial charge in [0, 0.05) is 29.5 Å². The maximum atomic E-state index is 4.39. The van der Waals surface area contributed by atoms with E-state index >= 15 is 0 Å².